The summed E-state index contributed by atoms with van der Waals surface area (Å²) in [4.78, 5) is 11.4. The van der Waals surface area contributed by atoms with Crippen LogP contribution in [0.3, 0.4) is 0 Å². The molecule has 0 saturated heterocycles. The fourth-order valence-corrected chi connectivity index (χ4v) is 2.11. The maximum absolute atomic E-state index is 11.4. The van der Waals surface area contributed by atoms with Crippen LogP contribution in [0.5, 0.6) is 0 Å². The van der Waals surface area contributed by atoms with Crippen LogP contribution in [0.1, 0.15) is 33.1 Å². The summed E-state index contributed by atoms with van der Waals surface area (Å²) in [5.41, 5.74) is 0. The lowest BCUT2D eigenvalue weighted by Crippen LogP contribution is -2.38. The molecule has 0 aromatic rings. The molecule has 15 heavy (non-hydrogen) atoms. The van der Waals surface area contributed by atoms with Crippen LogP contribution in [-0.2, 0) is 9.53 Å². The van der Waals surface area contributed by atoms with Gasteiger partial charge in [-0.1, -0.05) is 13.8 Å². The fraction of sp³-hybridized carbons (Fsp3) is 0.909. The first-order chi connectivity index (χ1) is 7.26. The number of ether oxygens (including phenoxy) is 1. The summed E-state index contributed by atoms with van der Waals surface area (Å²) >= 11 is 1.90. The van der Waals surface area contributed by atoms with E-state index in [1.807, 2.05) is 11.8 Å². The average Bonchev–Trinajstić information content (AvgIpc) is 2.27. The number of nitrogens with one attached hydrogen (secondary N) is 1. The van der Waals surface area contributed by atoms with Crippen molar-refractivity contribution in [2.45, 2.75) is 39.2 Å². The number of thioether (sulfide) groups is 1. The zero-order valence-electron chi connectivity index (χ0n) is 10.0. The van der Waals surface area contributed by atoms with Crippen molar-refractivity contribution in [3.63, 3.8) is 0 Å². The lowest BCUT2D eigenvalue weighted by Gasteiger charge is -2.15. The van der Waals surface area contributed by atoms with Gasteiger partial charge in [-0.15, -0.1) is 0 Å². The number of hydrogen-bond donors (Lipinski definition) is 1. The van der Waals surface area contributed by atoms with Gasteiger partial charge in [-0.2, -0.15) is 11.8 Å². The maximum Gasteiger partial charge on any atom is 0.322 e. The van der Waals surface area contributed by atoms with Crippen molar-refractivity contribution in [3.05, 3.63) is 0 Å². The van der Waals surface area contributed by atoms with E-state index in [1.165, 1.54) is 19.3 Å². The van der Waals surface area contributed by atoms with Crippen LogP contribution in [0.2, 0.25) is 0 Å². The summed E-state index contributed by atoms with van der Waals surface area (Å²) in [5, 5.41) is 3.21. The van der Waals surface area contributed by atoms with Gasteiger partial charge in [0.1, 0.15) is 6.04 Å². The Kier molecular flexibility index (Phi) is 10.2. The van der Waals surface area contributed by atoms with Gasteiger partial charge in [0.15, 0.2) is 0 Å². The summed E-state index contributed by atoms with van der Waals surface area (Å²) in [6, 6.07) is -0.126. The Labute approximate surface area is 97.3 Å². The summed E-state index contributed by atoms with van der Waals surface area (Å²) in [5.74, 6) is 2.05. The molecule has 0 amide bonds. The van der Waals surface area contributed by atoms with E-state index in [4.69, 9.17) is 4.74 Å². The van der Waals surface area contributed by atoms with E-state index in [9.17, 15) is 4.79 Å². The highest BCUT2D eigenvalue weighted by molar-refractivity contribution is 7.99. The predicted molar refractivity (Wildman–Crippen MR) is 66.3 cm³/mol. The first-order valence-electron chi connectivity index (χ1n) is 5.65. The minimum absolute atomic E-state index is 0.126. The second-order valence-electron chi connectivity index (χ2n) is 3.43. The van der Waals surface area contributed by atoms with Crippen molar-refractivity contribution in [2.75, 3.05) is 25.2 Å². The second-order valence-corrected chi connectivity index (χ2v) is 4.66. The van der Waals surface area contributed by atoms with Gasteiger partial charge >= 0.3 is 5.97 Å². The number of carbonyl (C=O) groups is 1. The topological polar surface area (TPSA) is 38.3 Å². The molecule has 0 aromatic carbocycles. The van der Waals surface area contributed by atoms with E-state index in [-0.39, 0.29) is 12.0 Å². The third-order valence-corrected chi connectivity index (χ3v) is 3.25. The van der Waals surface area contributed by atoms with E-state index in [0.29, 0.717) is 0 Å². The van der Waals surface area contributed by atoms with Gasteiger partial charge in [0.25, 0.3) is 0 Å². The molecule has 1 N–H and O–H groups in total. The molecule has 0 aliphatic heterocycles. The van der Waals surface area contributed by atoms with Crippen molar-refractivity contribution in [1.82, 2.24) is 5.32 Å². The predicted octanol–water partition coefficient (Wildman–Crippen LogP) is 2.06. The van der Waals surface area contributed by atoms with E-state index < -0.39 is 0 Å². The number of esters is 1. The lowest BCUT2D eigenvalue weighted by molar-refractivity contribution is -0.143. The average molecular weight is 233 g/mol. The van der Waals surface area contributed by atoms with Crippen LogP contribution in [-0.4, -0.2) is 37.2 Å². The van der Waals surface area contributed by atoms with E-state index in [2.05, 4.69) is 19.2 Å². The molecule has 0 radical (unpaired) electrons. The zero-order valence-corrected chi connectivity index (χ0v) is 10.9. The van der Waals surface area contributed by atoms with Crippen LogP contribution in [0.25, 0.3) is 0 Å². The monoisotopic (exact) mass is 233 g/mol. The van der Waals surface area contributed by atoms with Crippen molar-refractivity contribution in [1.29, 1.82) is 0 Å². The molecule has 0 aliphatic carbocycles. The van der Waals surface area contributed by atoms with Crippen molar-refractivity contribution in [2.24, 2.45) is 0 Å². The Bertz CT molecular complexity index is 165. The van der Waals surface area contributed by atoms with Gasteiger partial charge in [0, 0.05) is 0 Å². The molecule has 0 spiro atoms. The summed E-state index contributed by atoms with van der Waals surface area (Å²) in [7, 11) is 1.45. The maximum atomic E-state index is 11.4. The summed E-state index contributed by atoms with van der Waals surface area (Å²) in [6.07, 6.45) is 3.09. The Morgan fingerprint density at radius 3 is 2.60 bits per heavy atom. The first-order valence-corrected chi connectivity index (χ1v) is 6.80. The molecule has 0 saturated carbocycles. The number of carbonyl (C=O) groups excluding carboxylic acids is 1. The first kappa shape index (κ1) is 14.8. The number of methoxy groups -OCH3 is 1. The molecule has 0 heterocycles. The van der Waals surface area contributed by atoms with Crippen LogP contribution in [0.4, 0.5) is 0 Å². The van der Waals surface area contributed by atoms with Crippen molar-refractivity contribution in [3.8, 4) is 0 Å². The summed E-state index contributed by atoms with van der Waals surface area (Å²) in [6.45, 7) is 5.13. The minimum Gasteiger partial charge on any atom is -0.468 e. The highest BCUT2D eigenvalue weighted by atomic mass is 32.2. The highest BCUT2D eigenvalue weighted by Gasteiger charge is 2.17. The number of rotatable bonds is 9. The standard InChI is InChI=1S/C11H23NO2S/c1-4-7-12-10(11(13)14-3)6-9-15-8-5-2/h10,12H,4-9H2,1-3H3. The van der Waals surface area contributed by atoms with Crippen LogP contribution in [0.15, 0.2) is 0 Å². The zero-order chi connectivity index (χ0) is 11.5. The molecule has 4 heteroatoms. The molecular formula is C11H23NO2S. The van der Waals surface area contributed by atoms with Gasteiger partial charge in [-0.3, -0.25) is 4.79 Å². The molecule has 0 rings (SSSR count). The quantitative estimate of drug-likeness (QED) is 0.489. The van der Waals surface area contributed by atoms with Gasteiger partial charge < -0.3 is 10.1 Å². The lowest BCUT2D eigenvalue weighted by atomic mass is 10.2. The molecule has 90 valence electrons. The van der Waals surface area contributed by atoms with Crippen LogP contribution >= 0.6 is 11.8 Å². The molecule has 0 aliphatic rings. The van der Waals surface area contributed by atoms with Gasteiger partial charge in [0.2, 0.25) is 0 Å². The Hall–Kier alpha value is -0.220. The van der Waals surface area contributed by atoms with E-state index in [0.717, 1.165) is 25.1 Å². The molecule has 3 nitrogen and oxygen atoms in total. The second kappa shape index (κ2) is 10.3. The fourth-order valence-electron chi connectivity index (χ4n) is 1.21. The molecule has 0 fully saturated rings. The van der Waals surface area contributed by atoms with Gasteiger partial charge in [0.05, 0.1) is 7.11 Å². The molecule has 0 aromatic heterocycles. The third kappa shape index (κ3) is 7.68. The van der Waals surface area contributed by atoms with Crippen molar-refractivity contribution < 1.29 is 9.53 Å². The van der Waals surface area contributed by atoms with E-state index >= 15 is 0 Å². The van der Waals surface area contributed by atoms with Crippen LogP contribution < -0.4 is 5.32 Å². The molecule has 1 atom stereocenters. The Balaban J connectivity index is 3.74. The third-order valence-electron chi connectivity index (χ3n) is 2.03. The van der Waals surface area contributed by atoms with Crippen LogP contribution in [0, 0.1) is 0 Å². The Morgan fingerprint density at radius 1 is 1.33 bits per heavy atom. The molecular weight excluding hydrogens is 210 g/mol. The largest absolute Gasteiger partial charge is 0.468 e. The normalized spacial score (nSPS) is 12.5. The van der Waals surface area contributed by atoms with Crippen molar-refractivity contribution >= 4 is 17.7 Å². The SMILES string of the molecule is CCCNC(CCSCCC)C(=O)OC. The van der Waals surface area contributed by atoms with E-state index in [1.54, 1.807) is 0 Å². The highest BCUT2D eigenvalue weighted by Crippen LogP contribution is 2.07. The molecule has 0 bridgehead atoms. The smallest absolute Gasteiger partial charge is 0.322 e. The summed E-state index contributed by atoms with van der Waals surface area (Å²) < 4.78 is 4.76. The van der Waals surface area contributed by atoms with Gasteiger partial charge in [-0.05, 0) is 37.3 Å². The number of hydrogen-bond acceptors (Lipinski definition) is 4. The minimum atomic E-state index is -0.138. The molecule has 1 unspecified atom stereocenters. The Morgan fingerprint density at radius 2 is 2.07 bits per heavy atom. The van der Waals surface area contributed by atoms with Gasteiger partial charge in [-0.25, -0.2) is 0 Å².